The molecule has 2 aromatic heterocycles. The number of hydrogen-bond acceptors (Lipinski definition) is 4. The molecule has 0 saturated carbocycles. The van der Waals surface area contributed by atoms with Crippen LogP contribution in [0.4, 0.5) is 5.69 Å². The summed E-state index contributed by atoms with van der Waals surface area (Å²) in [6, 6.07) is 23.1. The molecule has 1 unspecified atom stereocenters. The zero-order valence-corrected chi connectivity index (χ0v) is 17.9. The van der Waals surface area contributed by atoms with E-state index in [1.54, 1.807) is 48.8 Å². The van der Waals surface area contributed by atoms with Gasteiger partial charge >= 0.3 is 0 Å². The van der Waals surface area contributed by atoms with Gasteiger partial charge in [0.2, 0.25) is 0 Å². The summed E-state index contributed by atoms with van der Waals surface area (Å²) in [5, 5.41) is 5.82. The van der Waals surface area contributed by atoms with Crippen molar-refractivity contribution in [3.8, 4) is 0 Å². The molecular formula is C24H18BrN3O3. The molecule has 1 atom stereocenters. The fraction of sp³-hybridized carbons (Fsp3) is 0.0417. The number of amides is 2. The average molecular weight is 476 g/mol. The number of nitrogens with one attached hydrogen (secondary N) is 2. The van der Waals surface area contributed by atoms with E-state index in [1.165, 1.54) is 0 Å². The predicted molar refractivity (Wildman–Crippen MR) is 121 cm³/mol. The molecule has 0 aliphatic heterocycles. The quantitative estimate of drug-likeness (QED) is 0.400. The second-order valence-corrected chi connectivity index (χ2v) is 7.51. The number of nitrogens with zero attached hydrogens (tertiary/aromatic N) is 1. The highest BCUT2D eigenvalue weighted by Gasteiger charge is 2.18. The van der Waals surface area contributed by atoms with E-state index in [9.17, 15) is 9.59 Å². The largest absolute Gasteiger partial charge is 0.444 e. The van der Waals surface area contributed by atoms with Crippen LogP contribution in [-0.2, 0) is 0 Å². The van der Waals surface area contributed by atoms with Gasteiger partial charge in [-0.2, -0.15) is 0 Å². The van der Waals surface area contributed by atoms with Crippen LogP contribution in [0.1, 0.15) is 38.1 Å². The minimum atomic E-state index is -0.371. The SMILES string of the molecule is O=C(NC(c1ccccc1)c1ccncc1)c1ccc(NC(=O)c2ccc(Br)o2)cc1. The Balaban J connectivity index is 1.48. The number of carbonyl (C=O) groups is 2. The lowest BCUT2D eigenvalue weighted by molar-refractivity contribution is 0.0942. The van der Waals surface area contributed by atoms with Gasteiger partial charge in [-0.3, -0.25) is 14.6 Å². The van der Waals surface area contributed by atoms with Gasteiger partial charge in [-0.1, -0.05) is 30.3 Å². The van der Waals surface area contributed by atoms with Crippen molar-refractivity contribution < 1.29 is 14.0 Å². The van der Waals surface area contributed by atoms with E-state index in [1.807, 2.05) is 42.5 Å². The van der Waals surface area contributed by atoms with Crippen molar-refractivity contribution in [2.45, 2.75) is 6.04 Å². The van der Waals surface area contributed by atoms with Crippen molar-refractivity contribution in [2.24, 2.45) is 0 Å². The van der Waals surface area contributed by atoms with Crippen molar-refractivity contribution in [2.75, 3.05) is 5.32 Å². The summed E-state index contributed by atoms with van der Waals surface area (Å²) in [6.07, 6.45) is 3.40. The van der Waals surface area contributed by atoms with Crippen molar-refractivity contribution in [1.82, 2.24) is 10.3 Å². The van der Waals surface area contributed by atoms with Crippen molar-refractivity contribution in [3.63, 3.8) is 0 Å². The Bertz CT molecular complexity index is 1140. The maximum atomic E-state index is 12.9. The van der Waals surface area contributed by atoms with E-state index in [0.717, 1.165) is 11.1 Å². The minimum absolute atomic E-state index is 0.191. The lowest BCUT2D eigenvalue weighted by Gasteiger charge is -2.20. The van der Waals surface area contributed by atoms with E-state index in [0.29, 0.717) is 15.9 Å². The molecular weight excluding hydrogens is 458 g/mol. The number of furan rings is 1. The maximum absolute atomic E-state index is 12.9. The summed E-state index contributed by atoms with van der Waals surface area (Å²) in [6.45, 7) is 0. The molecule has 7 heteroatoms. The van der Waals surface area contributed by atoms with Crippen LogP contribution >= 0.6 is 15.9 Å². The molecule has 0 radical (unpaired) electrons. The summed E-state index contributed by atoms with van der Waals surface area (Å²) in [5.41, 5.74) is 2.94. The molecule has 0 fully saturated rings. The number of halogens is 1. The maximum Gasteiger partial charge on any atom is 0.291 e. The summed E-state index contributed by atoms with van der Waals surface area (Å²) in [5.74, 6) is -0.403. The van der Waals surface area contributed by atoms with Gasteiger partial charge in [-0.25, -0.2) is 0 Å². The predicted octanol–water partition coefficient (Wildman–Crippen LogP) is 5.21. The third-order valence-corrected chi connectivity index (χ3v) is 5.08. The summed E-state index contributed by atoms with van der Waals surface area (Å²) in [4.78, 5) is 29.2. The first-order valence-electron chi connectivity index (χ1n) is 9.52. The van der Waals surface area contributed by atoms with E-state index in [-0.39, 0.29) is 23.6 Å². The van der Waals surface area contributed by atoms with Gasteiger partial charge in [-0.15, -0.1) is 0 Å². The Hall–Kier alpha value is -3.71. The van der Waals surface area contributed by atoms with Gasteiger partial charge in [0.15, 0.2) is 10.4 Å². The summed E-state index contributed by atoms with van der Waals surface area (Å²) in [7, 11) is 0. The number of hydrogen-bond donors (Lipinski definition) is 2. The van der Waals surface area contributed by atoms with Crippen LogP contribution in [0.15, 0.2) is 100 Å². The highest BCUT2D eigenvalue weighted by Crippen LogP contribution is 2.22. The highest BCUT2D eigenvalue weighted by molar-refractivity contribution is 9.10. The van der Waals surface area contributed by atoms with E-state index in [4.69, 9.17) is 4.42 Å². The molecule has 0 spiro atoms. The van der Waals surface area contributed by atoms with E-state index >= 15 is 0 Å². The third kappa shape index (κ3) is 5.07. The van der Waals surface area contributed by atoms with Crippen LogP contribution in [0, 0.1) is 0 Å². The Kier molecular flexibility index (Phi) is 6.24. The van der Waals surface area contributed by atoms with Gasteiger partial charge in [0.25, 0.3) is 11.8 Å². The van der Waals surface area contributed by atoms with Crippen molar-refractivity contribution in [1.29, 1.82) is 0 Å². The van der Waals surface area contributed by atoms with Crippen LogP contribution in [0.25, 0.3) is 0 Å². The van der Waals surface area contributed by atoms with Crippen LogP contribution in [-0.4, -0.2) is 16.8 Å². The van der Waals surface area contributed by atoms with Crippen LogP contribution in [0.2, 0.25) is 0 Å². The lowest BCUT2D eigenvalue weighted by Crippen LogP contribution is -2.29. The molecule has 0 saturated heterocycles. The molecule has 4 aromatic rings. The Morgan fingerprint density at radius 2 is 1.48 bits per heavy atom. The molecule has 0 aliphatic rings. The third-order valence-electron chi connectivity index (χ3n) is 4.65. The first kappa shape index (κ1) is 20.6. The van der Waals surface area contributed by atoms with E-state index < -0.39 is 0 Å². The van der Waals surface area contributed by atoms with Crippen molar-refractivity contribution in [3.05, 3.63) is 118 Å². The molecule has 2 amide bonds. The molecule has 4 rings (SSSR count). The number of rotatable bonds is 6. The molecule has 0 bridgehead atoms. The normalized spacial score (nSPS) is 11.5. The summed E-state index contributed by atoms with van der Waals surface area (Å²) >= 11 is 3.17. The second-order valence-electron chi connectivity index (χ2n) is 6.73. The fourth-order valence-corrected chi connectivity index (χ4v) is 3.42. The smallest absolute Gasteiger partial charge is 0.291 e. The van der Waals surface area contributed by atoms with Crippen molar-refractivity contribution >= 4 is 33.4 Å². The molecule has 31 heavy (non-hydrogen) atoms. The highest BCUT2D eigenvalue weighted by atomic mass is 79.9. The van der Waals surface area contributed by atoms with Crippen LogP contribution < -0.4 is 10.6 Å². The number of aromatic nitrogens is 1. The summed E-state index contributed by atoms with van der Waals surface area (Å²) < 4.78 is 5.72. The first-order chi connectivity index (χ1) is 15.1. The average Bonchev–Trinajstić information content (AvgIpc) is 3.25. The fourth-order valence-electron chi connectivity index (χ4n) is 3.11. The molecule has 154 valence electrons. The Labute approximate surface area is 187 Å². The monoisotopic (exact) mass is 475 g/mol. The van der Waals surface area contributed by atoms with Gasteiger partial charge in [0, 0.05) is 23.6 Å². The van der Waals surface area contributed by atoms with E-state index in [2.05, 4.69) is 31.5 Å². The topological polar surface area (TPSA) is 84.2 Å². The number of benzene rings is 2. The number of anilines is 1. The first-order valence-corrected chi connectivity index (χ1v) is 10.3. The molecule has 2 N–H and O–H groups in total. The molecule has 2 heterocycles. The minimum Gasteiger partial charge on any atom is -0.444 e. The van der Waals surface area contributed by atoms with Gasteiger partial charge < -0.3 is 15.1 Å². The van der Waals surface area contributed by atoms with Gasteiger partial charge in [0.05, 0.1) is 6.04 Å². The number of carbonyl (C=O) groups excluding carboxylic acids is 2. The van der Waals surface area contributed by atoms with Gasteiger partial charge in [-0.05, 0) is 75.6 Å². The standard InChI is InChI=1S/C24H18BrN3O3/c25-21-11-10-20(31-21)24(30)27-19-8-6-18(7-9-19)23(29)28-22(16-4-2-1-3-5-16)17-12-14-26-15-13-17/h1-15,22H,(H,27,30)(H,28,29). The Morgan fingerprint density at radius 3 is 2.13 bits per heavy atom. The van der Waals surface area contributed by atoms with Crippen LogP contribution in [0.5, 0.6) is 0 Å². The Morgan fingerprint density at radius 1 is 0.806 bits per heavy atom. The number of pyridine rings is 1. The van der Waals surface area contributed by atoms with Gasteiger partial charge in [0.1, 0.15) is 0 Å². The second kappa shape index (κ2) is 9.40. The molecule has 6 nitrogen and oxygen atoms in total. The zero-order chi connectivity index (χ0) is 21.6. The lowest BCUT2D eigenvalue weighted by atomic mass is 9.99. The van der Waals surface area contributed by atoms with Crippen LogP contribution in [0.3, 0.4) is 0 Å². The molecule has 2 aromatic carbocycles. The zero-order valence-electron chi connectivity index (χ0n) is 16.3. The molecule has 0 aliphatic carbocycles.